The number of anilines is 1. The summed E-state index contributed by atoms with van der Waals surface area (Å²) in [6, 6.07) is 17.4. The number of para-hydroxylation sites is 1. The Hall–Kier alpha value is -3.16. The van der Waals surface area contributed by atoms with E-state index in [1.165, 1.54) is 0 Å². The van der Waals surface area contributed by atoms with Gasteiger partial charge in [0.2, 0.25) is 5.91 Å². The molecule has 1 fully saturated rings. The van der Waals surface area contributed by atoms with Crippen molar-refractivity contribution in [2.75, 3.05) is 31.1 Å². The topological polar surface area (TPSA) is 79.8 Å². The van der Waals surface area contributed by atoms with Crippen molar-refractivity contribution in [3.05, 3.63) is 70.9 Å². The Labute approximate surface area is 185 Å². The van der Waals surface area contributed by atoms with Crippen LogP contribution in [0.4, 0.5) is 5.82 Å². The summed E-state index contributed by atoms with van der Waals surface area (Å²) in [5.41, 5.74) is 9.09. The molecule has 1 amide bonds. The molecule has 8 heteroatoms. The third kappa shape index (κ3) is 3.40. The molecule has 5 rings (SSSR count). The molecule has 2 aromatic heterocycles. The van der Waals surface area contributed by atoms with Gasteiger partial charge in [0, 0.05) is 31.6 Å². The van der Waals surface area contributed by atoms with E-state index in [2.05, 4.69) is 21.0 Å². The molecule has 1 aliphatic heterocycles. The number of primary amides is 1. The largest absolute Gasteiger partial charge is 0.368 e. The molecule has 0 saturated carbocycles. The molecule has 3 heterocycles. The highest BCUT2D eigenvalue weighted by Gasteiger charge is 2.30. The maximum absolute atomic E-state index is 12.2. The summed E-state index contributed by atoms with van der Waals surface area (Å²) in [6.45, 7) is 4.76. The van der Waals surface area contributed by atoms with Crippen LogP contribution < -0.4 is 10.6 Å². The van der Waals surface area contributed by atoms with E-state index in [0.29, 0.717) is 23.8 Å². The first-order valence-electron chi connectivity index (χ1n) is 10.3. The smallest absolute Gasteiger partial charge is 0.239 e. The number of carbonyl (C=O) groups is 1. The van der Waals surface area contributed by atoms with Gasteiger partial charge in [0.25, 0.3) is 0 Å². The number of nitrogens with two attached hydrogens (primary N) is 1. The summed E-state index contributed by atoms with van der Waals surface area (Å²) in [6.07, 6.45) is 0. The maximum Gasteiger partial charge on any atom is 0.239 e. The van der Waals surface area contributed by atoms with E-state index in [-0.39, 0.29) is 5.91 Å². The number of piperazine rings is 1. The molecule has 2 aromatic carbocycles. The van der Waals surface area contributed by atoms with Gasteiger partial charge in [0.05, 0.1) is 11.2 Å². The number of hydrogen-bond acceptors (Lipinski definition) is 5. The molecular formula is C23H23ClN6O. The van der Waals surface area contributed by atoms with E-state index in [0.717, 1.165) is 41.1 Å². The van der Waals surface area contributed by atoms with Crippen molar-refractivity contribution in [3.8, 4) is 0 Å². The number of nitrogens with zero attached hydrogens (tertiary/aromatic N) is 5. The Morgan fingerprint density at radius 1 is 1.03 bits per heavy atom. The number of fused-ring (bicyclic) bond motifs is 3. The molecule has 1 unspecified atom stereocenters. The molecule has 0 bridgehead atoms. The van der Waals surface area contributed by atoms with Gasteiger partial charge in [-0.05, 0) is 24.6 Å². The standard InChI is InChI=1S/C23H23ClN6O/c1-15-19(24)23-26-22(17-9-5-6-10-18(17)30(23)27-15)29-13-11-28(12-14-29)20(21(25)31)16-7-3-2-4-8-16/h2-10,20H,11-14H2,1H3,(H2,25,31). The van der Waals surface area contributed by atoms with Crippen molar-refractivity contribution in [1.82, 2.24) is 19.5 Å². The van der Waals surface area contributed by atoms with Crippen LogP contribution in [0, 0.1) is 6.92 Å². The Kier molecular flexibility index (Phi) is 5.00. The summed E-state index contributed by atoms with van der Waals surface area (Å²) in [5.74, 6) is 0.561. The van der Waals surface area contributed by atoms with Gasteiger partial charge < -0.3 is 10.6 Å². The number of aromatic nitrogens is 3. The minimum absolute atomic E-state index is 0.328. The Balaban J connectivity index is 1.48. The van der Waals surface area contributed by atoms with Crippen LogP contribution in [0.2, 0.25) is 5.02 Å². The van der Waals surface area contributed by atoms with Crippen molar-refractivity contribution in [3.63, 3.8) is 0 Å². The van der Waals surface area contributed by atoms with Crippen LogP contribution in [-0.4, -0.2) is 51.6 Å². The van der Waals surface area contributed by atoms with E-state index >= 15 is 0 Å². The number of hydrogen-bond donors (Lipinski definition) is 1. The first-order chi connectivity index (χ1) is 15.0. The van der Waals surface area contributed by atoms with Crippen LogP contribution in [0.15, 0.2) is 54.6 Å². The lowest BCUT2D eigenvalue weighted by molar-refractivity contribution is -0.123. The third-order valence-corrected chi connectivity index (χ3v) is 6.36. The van der Waals surface area contributed by atoms with Crippen molar-refractivity contribution in [2.45, 2.75) is 13.0 Å². The molecule has 7 nitrogen and oxygen atoms in total. The minimum atomic E-state index is -0.428. The molecular weight excluding hydrogens is 412 g/mol. The van der Waals surface area contributed by atoms with Crippen LogP contribution in [-0.2, 0) is 4.79 Å². The number of rotatable bonds is 4. The molecule has 0 radical (unpaired) electrons. The van der Waals surface area contributed by atoms with Crippen LogP contribution in [0.25, 0.3) is 16.6 Å². The highest BCUT2D eigenvalue weighted by atomic mass is 35.5. The molecule has 1 saturated heterocycles. The average molecular weight is 435 g/mol. The SMILES string of the molecule is Cc1nn2c(nc(N3CCN(C(C(N)=O)c4ccccc4)CC3)c3ccccc32)c1Cl. The Bertz CT molecular complexity index is 1260. The quantitative estimate of drug-likeness (QED) is 0.533. The first kappa shape index (κ1) is 19.8. The van der Waals surface area contributed by atoms with Crippen LogP contribution in [0.1, 0.15) is 17.3 Å². The second-order valence-electron chi connectivity index (χ2n) is 7.83. The van der Waals surface area contributed by atoms with E-state index in [4.69, 9.17) is 22.3 Å². The Morgan fingerprint density at radius 3 is 2.42 bits per heavy atom. The second-order valence-corrected chi connectivity index (χ2v) is 8.20. The number of halogens is 1. The highest BCUT2D eigenvalue weighted by molar-refractivity contribution is 6.34. The molecule has 31 heavy (non-hydrogen) atoms. The van der Waals surface area contributed by atoms with Gasteiger partial charge in [-0.1, -0.05) is 54.1 Å². The van der Waals surface area contributed by atoms with Gasteiger partial charge in [-0.15, -0.1) is 0 Å². The summed E-state index contributed by atoms with van der Waals surface area (Å²) < 4.78 is 1.81. The molecule has 0 aliphatic carbocycles. The Morgan fingerprint density at radius 2 is 1.71 bits per heavy atom. The first-order valence-corrected chi connectivity index (χ1v) is 10.7. The van der Waals surface area contributed by atoms with Crippen LogP contribution >= 0.6 is 11.6 Å². The van der Waals surface area contributed by atoms with E-state index in [9.17, 15) is 4.79 Å². The lowest BCUT2D eigenvalue weighted by Crippen LogP contribution is -2.50. The lowest BCUT2D eigenvalue weighted by atomic mass is 10.0. The van der Waals surface area contributed by atoms with Crippen LogP contribution in [0.5, 0.6) is 0 Å². The maximum atomic E-state index is 12.2. The van der Waals surface area contributed by atoms with Gasteiger partial charge >= 0.3 is 0 Å². The number of carbonyl (C=O) groups excluding carboxylic acids is 1. The summed E-state index contributed by atoms with van der Waals surface area (Å²) in [7, 11) is 0. The zero-order valence-electron chi connectivity index (χ0n) is 17.2. The summed E-state index contributed by atoms with van der Waals surface area (Å²) >= 11 is 6.50. The fraction of sp³-hybridized carbons (Fsp3) is 0.261. The van der Waals surface area contributed by atoms with Crippen LogP contribution in [0.3, 0.4) is 0 Å². The highest BCUT2D eigenvalue weighted by Crippen LogP contribution is 2.31. The number of amides is 1. The van der Waals surface area contributed by atoms with Gasteiger partial charge in [-0.2, -0.15) is 5.10 Å². The van der Waals surface area contributed by atoms with Gasteiger partial charge in [-0.3, -0.25) is 9.69 Å². The number of aryl methyl sites for hydroxylation is 1. The van der Waals surface area contributed by atoms with Gasteiger partial charge in [-0.25, -0.2) is 9.50 Å². The normalized spacial score (nSPS) is 16.1. The third-order valence-electron chi connectivity index (χ3n) is 5.91. The zero-order chi connectivity index (χ0) is 21.5. The molecule has 2 N–H and O–H groups in total. The molecule has 0 spiro atoms. The zero-order valence-corrected chi connectivity index (χ0v) is 18.0. The molecule has 1 aliphatic rings. The second kappa shape index (κ2) is 7.83. The fourth-order valence-corrected chi connectivity index (χ4v) is 4.55. The van der Waals surface area contributed by atoms with Gasteiger partial charge in [0.1, 0.15) is 16.9 Å². The van der Waals surface area contributed by atoms with E-state index in [1.807, 2.05) is 60.0 Å². The number of benzene rings is 2. The molecule has 1 atom stereocenters. The van der Waals surface area contributed by atoms with Crippen molar-refractivity contribution in [2.24, 2.45) is 5.73 Å². The fourth-order valence-electron chi connectivity index (χ4n) is 4.39. The van der Waals surface area contributed by atoms with E-state index < -0.39 is 6.04 Å². The summed E-state index contributed by atoms with van der Waals surface area (Å²) in [4.78, 5) is 21.5. The monoisotopic (exact) mass is 434 g/mol. The lowest BCUT2D eigenvalue weighted by Gasteiger charge is -2.39. The van der Waals surface area contributed by atoms with Crippen molar-refractivity contribution in [1.29, 1.82) is 0 Å². The summed E-state index contributed by atoms with van der Waals surface area (Å²) in [5, 5.41) is 6.16. The van der Waals surface area contributed by atoms with Gasteiger partial charge in [0.15, 0.2) is 5.65 Å². The molecule has 158 valence electrons. The van der Waals surface area contributed by atoms with Crippen molar-refractivity contribution >= 4 is 39.9 Å². The molecule has 4 aromatic rings. The van der Waals surface area contributed by atoms with Crippen molar-refractivity contribution < 1.29 is 4.79 Å². The minimum Gasteiger partial charge on any atom is -0.368 e. The van der Waals surface area contributed by atoms with E-state index in [1.54, 1.807) is 0 Å². The predicted molar refractivity (Wildman–Crippen MR) is 122 cm³/mol. The predicted octanol–water partition coefficient (Wildman–Crippen LogP) is 3.19. The average Bonchev–Trinajstić information content (AvgIpc) is 3.08.